The molecule has 0 saturated carbocycles. The van der Waals surface area contributed by atoms with Crippen LogP contribution in [0.2, 0.25) is 5.02 Å². The number of nitrogens with one attached hydrogen (secondary N) is 1. The lowest BCUT2D eigenvalue weighted by molar-refractivity contribution is 0.0941. The van der Waals surface area contributed by atoms with Crippen LogP contribution in [-0.4, -0.2) is 34.8 Å². The summed E-state index contributed by atoms with van der Waals surface area (Å²) >= 11 is 6.02. The van der Waals surface area contributed by atoms with E-state index in [1.54, 1.807) is 0 Å². The Bertz CT molecular complexity index is 452. The van der Waals surface area contributed by atoms with Crippen LogP contribution in [0.25, 0.3) is 0 Å². The third kappa shape index (κ3) is 5.35. The van der Waals surface area contributed by atoms with Crippen molar-refractivity contribution < 1.29 is 14.6 Å². The molecule has 0 radical (unpaired) electrons. The van der Waals surface area contributed by atoms with Gasteiger partial charge in [0.05, 0.1) is 17.8 Å². The summed E-state index contributed by atoms with van der Waals surface area (Å²) in [5, 5.41) is 12.4. The van der Waals surface area contributed by atoms with Gasteiger partial charge in [-0.1, -0.05) is 18.5 Å². The maximum atomic E-state index is 11.9. The van der Waals surface area contributed by atoms with Crippen molar-refractivity contribution in [2.24, 2.45) is 0 Å². The Morgan fingerprint density at radius 3 is 2.80 bits per heavy atom. The number of aromatic nitrogens is 1. The Morgan fingerprint density at radius 1 is 1.55 bits per heavy atom. The number of aliphatic hydroxyl groups is 1. The first-order valence-electron chi connectivity index (χ1n) is 6.72. The molecule has 112 valence electrons. The number of amides is 1. The second-order valence-corrected chi connectivity index (χ2v) is 5.19. The number of pyridine rings is 1. The van der Waals surface area contributed by atoms with Gasteiger partial charge < -0.3 is 15.2 Å². The van der Waals surface area contributed by atoms with Crippen LogP contribution in [0.1, 0.15) is 44.0 Å². The van der Waals surface area contributed by atoms with Crippen molar-refractivity contribution in [3.63, 3.8) is 0 Å². The highest BCUT2D eigenvalue weighted by atomic mass is 35.5. The Labute approximate surface area is 124 Å². The van der Waals surface area contributed by atoms with Gasteiger partial charge in [-0.3, -0.25) is 4.79 Å². The van der Waals surface area contributed by atoms with E-state index in [9.17, 15) is 9.90 Å². The standard InChI is InChI=1S/C14H21ClN2O3/c1-4-11(18)5-6-16-13(19)10-7-12(15)14(17-8-10)20-9(2)3/h7-9,11,18H,4-6H2,1-3H3,(H,16,19). The lowest BCUT2D eigenvalue weighted by Gasteiger charge is -2.11. The van der Waals surface area contributed by atoms with Gasteiger partial charge in [0.25, 0.3) is 5.91 Å². The van der Waals surface area contributed by atoms with Crippen LogP contribution in [0, 0.1) is 0 Å². The fourth-order valence-corrected chi connectivity index (χ4v) is 1.73. The molecule has 0 aliphatic rings. The molecule has 1 aromatic heterocycles. The summed E-state index contributed by atoms with van der Waals surface area (Å²) < 4.78 is 5.40. The van der Waals surface area contributed by atoms with Crippen LogP contribution >= 0.6 is 11.6 Å². The van der Waals surface area contributed by atoms with Gasteiger partial charge in [0.15, 0.2) is 0 Å². The summed E-state index contributed by atoms with van der Waals surface area (Å²) in [6, 6.07) is 1.53. The lowest BCUT2D eigenvalue weighted by atomic mass is 10.2. The molecule has 0 aliphatic heterocycles. The first-order valence-corrected chi connectivity index (χ1v) is 7.10. The van der Waals surface area contributed by atoms with Crippen molar-refractivity contribution >= 4 is 17.5 Å². The van der Waals surface area contributed by atoms with Crippen molar-refractivity contribution in [1.29, 1.82) is 0 Å². The van der Waals surface area contributed by atoms with Crippen LogP contribution < -0.4 is 10.1 Å². The SMILES string of the molecule is CCC(O)CCNC(=O)c1cnc(OC(C)C)c(Cl)c1. The van der Waals surface area contributed by atoms with Crippen LogP contribution in [0.15, 0.2) is 12.3 Å². The van der Waals surface area contributed by atoms with Gasteiger partial charge in [-0.15, -0.1) is 0 Å². The maximum Gasteiger partial charge on any atom is 0.252 e. The highest BCUT2D eigenvalue weighted by Crippen LogP contribution is 2.23. The van der Waals surface area contributed by atoms with Crippen LogP contribution in [0.3, 0.4) is 0 Å². The minimum Gasteiger partial charge on any atom is -0.474 e. The second-order valence-electron chi connectivity index (χ2n) is 4.78. The fourth-order valence-electron chi connectivity index (χ4n) is 1.52. The van der Waals surface area contributed by atoms with Gasteiger partial charge >= 0.3 is 0 Å². The van der Waals surface area contributed by atoms with Gasteiger partial charge in [-0.25, -0.2) is 4.98 Å². The van der Waals surface area contributed by atoms with E-state index in [0.717, 1.165) is 0 Å². The van der Waals surface area contributed by atoms with E-state index in [0.29, 0.717) is 35.9 Å². The van der Waals surface area contributed by atoms with Gasteiger partial charge in [0.2, 0.25) is 5.88 Å². The van der Waals surface area contributed by atoms with Crippen molar-refractivity contribution in [1.82, 2.24) is 10.3 Å². The largest absolute Gasteiger partial charge is 0.474 e. The molecule has 0 spiro atoms. The average Bonchev–Trinajstić information content (AvgIpc) is 2.40. The number of hydrogen-bond donors (Lipinski definition) is 2. The molecule has 1 atom stereocenters. The summed E-state index contributed by atoms with van der Waals surface area (Å²) in [5.74, 6) is 0.0541. The summed E-state index contributed by atoms with van der Waals surface area (Å²) in [4.78, 5) is 15.9. The molecule has 20 heavy (non-hydrogen) atoms. The number of aliphatic hydroxyl groups excluding tert-OH is 1. The number of ether oxygens (including phenoxy) is 1. The molecule has 1 amide bonds. The Hall–Kier alpha value is -1.33. The molecule has 1 aromatic rings. The van der Waals surface area contributed by atoms with E-state index in [2.05, 4.69) is 10.3 Å². The number of rotatable bonds is 7. The predicted molar refractivity (Wildman–Crippen MR) is 78.3 cm³/mol. The number of nitrogens with zero attached hydrogens (tertiary/aromatic N) is 1. The summed E-state index contributed by atoms with van der Waals surface area (Å²) in [6.07, 6.45) is 2.20. The van der Waals surface area contributed by atoms with Crippen molar-refractivity contribution in [2.45, 2.75) is 45.8 Å². The summed E-state index contributed by atoms with van der Waals surface area (Å²) in [5.41, 5.74) is 0.372. The molecule has 0 aromatic carbocycles. The topological polar surface area (TPSA) is 71.5 Å². The summed E-state index contributed by atoms with van der Waals surface area (Å²) in [6.45, 7) is 6.05. The van der Waals surface area contributed by atoms with E-state index in [1.165, 1.54) is 12.3 Å². The monoisotopic (exact) mass is 300 g/mol. The Balaban J connectivity index is 2.59. The minimum atomic E-state index is -0.390. The smallest absolute Gasteiger partial charge is 0.252 e. The fraction of sp³-hybridized carbons (Fsp3) is 0.571. The third-order valence-electron chi connectivity index (χ3n) is 2.65. The Morgan fingerprint density at radius 2 is 2.25 bits per heavy atom. The van der Waals surface area contributed by atoms with E-state index in [1.807, 2.05) is 20.8 Å². The molecule has 0 fully saturated rings. The van der Waals surface area contributed by atoms with E-state index in [4.69, 9.17) is 16.3 Å². The number of halogens is 1. The van der Waals surface area contributed by atoms with Gasteiger partial charge in [0, 0.05) is 12.7 Å². The number of carbonyl (C=O) groups excluding carboxylic acids is 1. The van der Waals surface area contributed by atoms with Gasteiger partial charge in [0.1, 0.15) is 5.02 Å². The van der Waals surface area contributed by atoms with Crippen molar-refractivity contribution in [3.8, 4) is 5.88 Å². The van der Waals surface area contributed by atoms with E-state index >= 15 is 0 Å². The second kappa shape index (κ2) is 8.07. The molecule has 0 bridgehead atoms. The van der Waals surface area contributed by atoms with Crippen molar-refractivity contribution in [2.75, 3.05) is 6.54 Å². The minimum absolute atomic E-state index is 0.0322. The van der Waals surface area contributed by atoms with Crippen molar-refractivity contribution in [3.05, 3.63) is 22.8 Å². The molecular weight excluding hydrogens is 280 g/mol. The quantitative estimate of drug-likeness (QED) is 0.811. The normalized spacial score (nSPS) is 12.3. The van der Waals surface area contributed by atoms with Gasteiger partial charge in [-0.05, 0) is 32.8 Å². The molecule has 2 N–H and O–H groups in total. The first kappa shape index (κ1) is 16.7. The first-order chi connectivity index (χ1) is 9.43. The van der Waals surface area contributed by atoms with Gasteiger partial charge in [-0.2, -0.15) is 0 Å². The molecule has 1 heterocycles. The molecule has 6 heteroatoms. The summed E-state index contributed by atoms with van der Waals surface area (Å²) in [7, 11) is 0. The number of carbonyl (C=O) groups is 1. The predicted octanol–water partition coefficient (Wildman–Crippen LogP) is 2.41. The van der Waals surface area contributed by atoms with Crippen LogP contribution in [-0.2, 0) is 0 Å². The molecule has 1 rings (SSSR count). The average molecular weight is 301 g/mol. The lowest BCUT2D eigenvalue weighted by Crippen LogP contribution is -2.27. The zero-order valence-electron chi connectivity index (χ0n) is 12.0. The number of hydrogen-bond acceptors (Lipinski definition) is 4. The zero-order chi connectivity index (χ0) is 15.1. The third-order valence-corrected chi connectivity index (χ3v) is 2.92. The Kier molecular flexibility index (Phi) is 6.75. The highest BCUT2D eigenvalue weighted by molar-refractivity contribution is 6.32. The molecular formula is C14H21ClN2O3. The molecule has 5 nitrogen and oxygen atoms in total. The molecule has 0 aliphatic carbocycles. The molecule has 1 unspecified atom stereocenters. The van der Waals surface area contributed by atoms with E-state index < -0.39 is 0 Å². The highest BCUT2D eigenvalue weighted by Gasteiger charge is 2.12. The van der Waals surface area contributed by atoms with Crippen LogP contribution in [0.5, 0.6) is 5.88 Å². The van der Waals surface area contributed by atoms with E-state index in [-0.39, 0.29) is 18.1 Å². The maximum absolute atomic E-state index is 11.9. The van der Waals surface area contributed by atoms with Crippen LogP contribution in [0.4, 0.5) is 0 Å². The molecule has 0 saturated heterocycles. The zero-order valence-corrected chi connectivity index (χ0v) is 12.8.